The third-order valence-corrected chi connectivity index (χ3v) is 3.56. The molecule has 0 amide bonds. The van der Waals surface area contributed by atoms with Crippen molar-refractivity contribution in [3.8, 4) is 11.4 Å². The molecule has 0 bridgehead atoms. The number of hydrogen-bond acceptors (Lipinski definition) is 2. The van der Waals surface area contributed by atoms with Crippen molar-refractivity contribution >= 4 is 27.5 Å². The van der Waals surface area contributed by atoms with Crippen LogP contribution in [0.1, 0.15) is 26.6 Å². The molecular weight excluding hydrogens is 333 g/mol. The van der Waals surface area contributed by atoms with Crippen molar-refractivity contribution in [1.29, 1.82) is 0 Å². The fourth-order valence-corrected chi connectivity index (χ4v) is 2.50. The molecular formula is C13H14BrClFN3. The van der Waals surface area contributed by atoms with E-state index in [1.54, 1.807) is 18.2 Å². The molecule has 0 N–H and O–H groups in total. The molecule has 3 nitrogen and oxygen atoms in total. The normalized spacial score (nSPS) is 11.9. The molecule has 2 rings (SSSR count). The topological polar surface area (TPSA) is 30.7 Å². The number of benzene rings is 1. The molecule has 0 aliphatic carbocycles. The Bertz CT molecular complexity index is 604. The van der Waals surface area contributed by atoms with Crippen molar-refractivity contribution in [1.82, 2.24) is 14.8 Å². The third kappa shape index (κ3) is 2.67. The van der Waals surface area contributed by atoms with Gasteiger partial charge in [-0.1, -0.05) is 6.07 Å². The molecule has 102 valence electrons. The highest BCUT2D eigenvalue weighted by atomic mass is 79.9. The predicted molar refractivity (Wildman–Crippen MR) is 77.7 cm³/mol. The van der Waals surface area contributed by atoms with E-state index in [0.29, 0.717) is 21.7 Å². The van der Waals surface area contributed by atoms with Crippen LogP contribution in [0.25, 0.3) is 11.4 Å². The zero-order chi connectivity index (χ0) is 14.2. The van der Waals surface area contributed by atoms with E-state index >= 15 is 0 Å². The number of aromatic nitrogens is 3. The minimum Gasteiger partial charge on any atom is -0.305 e. The first-order chi connectivity index (χ1) is 8.86. The molecule has 0 fully saturated rings. The lowest BCUT2D eigenvalue weighted by atomic mass is 10.1. The van der Waals surface area contributed by atoms with E-state index in [9.17, 15) is 4.39 Å². The average Bonchev–Trinajstić information content (AvgIpc) is 2.76. The van der Waals surface area contributed by atoms with E-state index in [0.717, 1.165) is 0 Å². The molecule has 0 saturated heterocycles. The van der Waals surface area contributed by atoms with Crippen LogP contribution in [0.15, 0.2) is 22.7 Å². The van der Waals surface area contributed by atoms with E-state index in [2.05, 4.69) is 26.1 Å². The van der Waals surface area contributed by atoms with Crippen molar-refractivity contribution in [3.63, 3.8) is 0 Å². The Balaban J connectivity index is 2.70. The second-order valence-corrected chi connectivity index (χ2v) is 6.30. The van der Waals surface area contributed by atoms with Crippen molar-refractivity contribution in [3.05, 3.63) is 34.3 Å². The van der Waals surface area contributed by atoms with Gasteiger partial charge in [-0.25, -0.2) is 4.39 Å². The minimum absolute atomic E-state index is 0.236. The Morgan fingerprint density at radius 3 is 2.58 bits per heavy atom. The quantitative estimate of drug-likeness (QED) is 0.757. The summed E-state index contributed by atoms with van der Waals surface area (Å²) in [5.41, 5.74) is 0.130. The fraction of sp³-hybridized carbons (Fsp3) is 0.385. The molecule has 0 aliphatic rings. The number of halogens is 3. The Hall–Kier alpha value is -0.940. The Morgan fingerprint density at radius 2 is 2.00 bits per heavy atom. The molecule has 1 aromatic heterocycles. The maximum absolute atomic E-state index is 14.2. The summed E-state index contributed by atoms with van der Waals surface area (Å²) in [6.07, 6.45) is 0. The van der Waals surface area contributed by atoms with Crippen LogP contribution in [0.5, 0.6) is 0 Å². The van der Waals surface area contributed by atoms with E-state index in [4.69, 9.17) is 11.6 Å². The Labute approximate surface area is 124 Å². The van der Waals surface area contributed by atoms with Crippen molar-refractivity contribution in [2.75, 3.05) is 0 Å². The summed E-state index contributed by atoms with van der Waals surface area (Å²) in [6, 6.07) is 5.11. The van der Waals surface area contributed by atoms with Crippen molar-refractivity contribution in [2.24, 2.45) is 0 Å². The third-order valence-electron chi connectivity index (χ3n) is 2.71. The van der Waals surface area contributed by atoms with Gasteiger partial charge in [0.1, 0.15) is 11.6 Å². The lowest BCUT2D eigenvalue weighted by Gasteiger charge is -2.24. The highest BCUT2D eigenvalue weighted by Gasteiger charge is 2.25. The second kappa shape index (κ2) is 5.21. The molecule has 0 saturated carbocycles. The van der Waals surface area contributed by atoms with Gasteiger partial charge in [0, 0.05) is 5.54 Å². The van der Waals surface area contributed by atoms with Gasteiger partial charge in [0.15, 0.2) is 5.82 Å². The standard InChI is InChI=1S/C13H14BrClFN3/c1-13(2,3)19-10(7-15)17-18-12(19)8-5-4-6-9(14)11(8)16/h4-6H,7H2,1-3H3. The molecule has 2 aromatic rings. The first-order valence-corrected chi connectivity index (χ1v) is 7.14. The van der Waals surface area contributed by atoms with E-state index in [1.807, 2.05) is 25.3 Å². The van der Waals surface area contributed by atoms with E-state index in [-0.39, 0.29) is 17.2 Å². The molecule has 1 aromatic carbocycles. The van der Waals surface area contributed by atoms with Gasteiger partial charge >= 0.3 is 0 Å². The lowest BCUT2D eigenvalue weighted by molar-refractivity contribution is 0.389. The molecule has 6 heteroatoms. The van der Waals surface area contributed by atoms with Crippen LogP contribution in [0.2, 0.25) is 0 Å². The van der Waals surface area contributed by atoms with Crippen LogP contribution in [0, 0.1) is 5.82 Å². The van der Waals surface area contributed by atoms with Crippen LogP contribution in [-0.2, 0) is 11.4 Å². The number of hydrogen-bond donors (Lipinski definition) is 0. The van der Waals surface area contributed by atoms with Gasteiger partial charge in [-0.15, -0.1) is 21.8 Å². The van der Waals surface area contributed by atoms with Crippen LogP contribution in [0.3, 0.4) is 0 Å². The summed E-state index contributed by atoms with van der Waals surface area (Å²) in [5.74, 6) is 1.01. The predicted octanol–water partition coefficient (Wildman–Crippen LogP) is 4.34. The van der Waals surface area contributed by atoms with Crippen molar-refractivity contribution in [2.45, 2.75) is 32.2 Å². The summed E-state index contributed by atoms with van der Waals surface area (Å²) >= 11 is 9.07. The number of nitrogens with zero attached hydrogens (tertiary/aromatic N) is 3. The molecule has 0 spiro atoms. The zero-order valence-corrected chi connectivity index (χ0v) is 13.3. The average molecular weight is 347 g/mol. The molecule has 0 aliphatic heterocycles. The first-order valence-electron chi connectivity index (χ1n) is 5.81. The van der Waals surface area contributed by atoms with Crippen LogP contribution in [-0.4, -0.2) is 14.8 Å². The van der Waals surface area contributed by atoms with Gasteiger partial charge in [0.05, 0.1) is 15.9 Å². The molecule has 0 atom stereocenters. The smallest absolute Gasteiger partial charge is 0.167 e. The van der Waals surface area contributed by atoms with E-state index in [1.165, 1.54) is 0 Å². The Kier molecular flexibility index (Phi) is 3.97. The SMILES string of the molecule is CC(C)(C)n1c(CCl)nnc1-c1cccc(Br)c1F. The van der Waals surface area contributed by atoms with Gasteiger partial charge in [-0.2, -0.15) is 0 Å². The number of alkyl halides is 1. The molecule has 0 radical (unpaired) electrons. The van der Waals surface area contributed by atoms with Crippen LogP contribution >= 0.6 is 27.5 Å². The highest BCUT2D eigenvalue weighted by Crippen LogP contribution is 2.31. The molecule has 1 heterocycles. The largest absolute Gasteiger partial charge is 0.305 e. The zero-order valence-electron chi connectivity index (χ0n) is 10.9. The summed E-state index contributed by atoms with van der Waals surface area (Å²) in [7, 11) is 0. The monoisotopic (exact) mass is 345 g/mol. The Morgan fingerprint density at radius 1 is 1.32 bits per heavy atom. The maximum Gasteiger partial charge on any atom is 0.167 e. The fourth-order valence-electron chi connectivity index (χ4n) is 1.96. The summed E-state index contributed by atoms with van der Waals surface area (Å²) in [4.78, 5) is 0. The summed E-state index contributed by atoms with van der Waals surface area (Å²) in [5, 5.41) is 8.14. The van der Waals surface area contributed by atoms with Crippen LogP contribution < -0.4 is 0 Å². The van der Waals surface area contributed by atoms with Crippen LogP contribution in [0.4, 0.5) is 4.39 Å². The van der Waals surface area contributed by atoms with Gasteiger partial charge in [-0.3, -0.25) is 0 Å². The van der Waals surface area contributed by atoms with Gasteiger partial charge in [-0.05, 0) is 48.8 Å². The summed E-state index contributed by atoms with van der Waals surface area (Å²) < 4.78 is 16.5. The minimum atomic E-state index is -0.346. The van der Waals surface area contributed by atoms with Gasteiger partial charge < -0.3 is 4.57 Å². The molecule has 19 heavy (non-hydrogen) atoms. The first kappa shape index (κ1) is 14.5. The second-order valence-electron chi connectivity index (χ2n) is 5.18. The van der Waals surface area contributed by atoms with E-state index < -0.39 is 0 Å². The van der Waals surface area contributed by atoms with Crippen molar-refractivity contribution < 1.29 is 4.39 Å². The maximum atomic E-state index is 14.2. The van der Waals surface area contributed by atoms with Gasteiger partial charge in [0.25, 0.3) is 0 Å². The highest BCUT2D eigenvalue weighted by molar-refractivity contribution is 9.10. The lowest BCUT2D eigenvalue weighted by Crippen LogP contribution is -2.25. The summed E-state index contributed by atoms with van der Waals surface area (Å²) in [6.45, 7) is 6.02. The molecule has 0 unspecified atom stereocenters. The number of rotatable bonds is 2. The van der Waals surface area contributed by atoms with Gasteiger partial charge in [0.2, 0.25) is 0 Å².